The first kappa shape index (κ1) is 13.9. The zero-order valence-corrected chi connectivity index (χ0v) is 10.4. The molecule has 0 bridgehead atoms. The van der Waals surface area contributed by atoms with Crippen molar-refractivity contribution in [2.45, 2.75) is 30.7 Å². The van der Waals surface area contributed by atoms with E-state index in [1.165, 1.54) is 18.3 Å². The average Bonchev–Trinajstić information content (AvgIpc) is 2.28. The second kappa shape index (κ2) is 5.95. The van der Waals surface area contributed by atoms with Crippen molar-refractivity contribution in [2.24, 2.45) is 0 Å². The highest BCUT2D eigenvalue weighted by atomic mass is 32.2. The van der Waals surface area contributed by atoms with Crippen molar-refractivity contribution in [1.29, 1.82) is 0 Å². The predicted molar refractivity (Wildman–Crippen MR) is 64.8 cm³/mol. The molecule has 1 unspecified atom stereocenters. The van der Waals surface area contributed by atoms with E-state index in [9.17, 15) is 8.42 Å². The summed E-state index contributed by atoms with van der Waals surface area (Å²) in [5.74, 6) is -0.0288. The molecule has 1 aromatic heterocycles. The zero-order valence-electron chi connectivity index (χ0n) is 9.63. The third-order valence-electron chi connectivity index (χ3n) is 2.38. The van der Waals surface area contributed by atoms with Gasteiger partial charge in [0.1, 0.15) is 10.7 Å². The van der Waals surface area contributed by atoms with E-state index >= 15 is 0 Å². The van der Waals surface area contributed by atoms with Crippen LogP contribution in [0, 0.1) is 0 Å². The van der Waals surface area contributed by atoms with Gasteiger partial charge in [-0.15, -0.1) is 0 Å². The molecule has 0 fully saturated rings. The number of sulfonamides is 1. The van der Waals surface area contributed by atoms with Crippen molar-refractivity contribution in [1.82, 2.24) is 9.71 Å². The molecular formula is C10H17N3O3S. The minimum absolute atomic E-state index is 0.0288. The number of hydrogen-bond acceptors (Lipinski definition) is 5. The Bertz CT molecular complexity index is 462. The van der Waals surface area contributed by atoms with E-state index in [0.29, 0.717) is 12.8 Å². The van der Waals surface area contributed by atoms with Crippen molar-refractivity contribution in [2.75, 3.05) is 12.3 Å². The molecule has 1 atom stereocenters. The second-order valence-electron chi connectivity index (χ2n) is 3.63. The molecule has 0 aliphatic carbocycles. The number of anilines is 1. The highest BCUT2D eigenvalue weighted by molar-refractivity contribution is 7.89. The van der Waals surface area contributed by atoms with Crippen molar-refractivity contribution in [3.63, 3.8) is 0 Å². The molecule has 1 aromatic rings. The molecular weight excluding hydrogens is 242 g/mol. The topological polar surface area (TPSA) is 105 Å². The minimum Gasteiger partial charge on any atom is -0.396 e. The molecule has 0 amide bonds. The first-order valence-electron chi connectivity index (χ1n) is 5.35. The molecule has 1 heterocycles. The van der Waals surface area contributed by atoms with Crippen LogP contribution in [0.4, 0.5) is 5.82 Å². The number of nitrogens with zero attached hydrogens (tertiary/aromatic N) is 1. The van der Waals surface area contributed by atoms with Gasteiger partial charge in [-0.05, 0) is 25.0 Å². The Morgan fingerprint density at radius 3 is 2.82 bits per heavy atom. The number of aromatic nitrogens is 1. The zero-order chi connectivity index (χ0) is 12.9. The number of nitrogen functional groups attached to an aromatic ring is 1. The van der Waals surface area contributed by atoms with Crippen LogP contribution in [0.25, 0.3) is 0 Å². The minimum atomic E-state index is -3.67. The Hall–Kier alpha value is -1.18. The van der Waals surface area contributed by atoms with Crippen LogP contribution in [0.2, 0.25) is 0 Å². The summed E-state index contributed by atoms with van der Waals surface area (Å²) in [6.07, 6.45) is 2.40. The lowest BCUT2D eigenvalue weighted by Gasteiger charge is -2.16. The third-order valence-corrected chi connectivity index (χ3v) is 3.95. The van der Waals surface area contributed by atoms with Crippen molar-refractivity contribution >= 4 is 15.8 Å². The molecule has 0 saturated carbocycles. The number of nitrogens with two attached hydrogens (primary N) is 1. The van der Waals surface area contributed by atoms with Crippen LogP contribution in [0.5, 0.6) is 0 Å². The maximum Gasteiger partial charge on any atom is 0.244 e. The number of hydrogen-bond donors (Lipinski definition) is 3. The first-order valence-corrected chi connectivity index (χ1v) is 6.83. The van der Waals surface area contributed by atoms with E-state index in [4.69, 9.17) is 10.8 Å². The lowest BCUT2D eigenvalue weighted by atomic mass is 10.2. The molecule has 6 nitrogen and oxygen atoms in total. The second-order valence-corrected chi connectivity index (χ2v) is 5.31. The van der Waals surface area contributed by atoms with Crippen molar-refractivity contribution in [3.8, 4) is 0 Å². The molecule has 0 saturated heterocycles. The van der Waals surface area contributed by atoms with E-state index in [-0.39, 0.29) is 23.4 Å². The van der Waals surface area contributed by atoms with Gasteiger partial charge in [0.2, 0.25) is 10.0 Å². The third kappa shape index (κ3) is 3.65. The van der Waals surface area contributed by atoms with Gasteiger partial charge in [-0.25, -0.2) is 18.1 Å². The molecule has 17 heavy (non-hydrogen) atoms. The quantitative estimate of drug-likeness (QED) is 0.672. The van der Waals surface area contributed by atoms with Gasteiger partial charge < -0.3 is 10.8 Å². The highest BCUT2D eigenvalue weighted by Gasteiger charge is 2.21. The summed E-state index contributed by atoms with van der Waals surface area (Å²) in [5, 5.41) is 8.82. The van der Waals surface area contributed by atoms with Gasteiger partial charge in [-0.1, -0.05) is 6.92 Å². The average molecular weight is 259 g/mol. The molecule has 0 aromatic carbocycles. The van der Waals surface area contributed by atoms with Crippen LogP contribution in [-0.4, -0.2) is 31.2 Å². The highest BCUT2D eigenvalue weighted by Crippen LogP contribution is 2.15. The Kier molecular flexibility index (Phi) is 4.86. The number of nitrogens with one attached hydrogen (secondary N) is 1. The normalized spacial score (nSPS) is 13.5. The summed E-state index contributed by atoms with van der Waals surface area (Å²) in [4.78, 5) is 3.70. The summed E-state index contributed by atoms with van der Waals surface area (Å²) in [6, 6.07) is 2.61. The number of rotatable bonds is 6. The van der Waals surface area contributed by atoms with Crippen LogP contribution < -0.4 is 10.5 Å². The molecule has 4 N–H and O–H groups in total. The fraction of sp³-hybridized carbons (Fsp3) is 0.500. The maximum atomic E-state index is 12.0. The fourth-order valence-electron chi connectivity index (χ4n) is 1.42. The maximum absolute atomic E-state index is 12.0. The van der Waals surface area contributed by atoms with Crippen molar-refractivity contribution < 1.29 is 13.5 Å². The van der Waals surface area contributed by atoms with Crippen LogP contribution in [0.3, 0.4) is 0 Å². The van der Waals surface area contributed by atoms with Crippen LogP contribution >= 0.6 is 0 Å². The van der Waals surface area contributed by atoms with Crippen LogP contribution in [0.15, 0.2) is 23.2 Å². The van der Waals surface area contributed by atoms with Gasteiger partial charge in [-0.3, -0.25) is 0 Å². The molecule has 0 aliphatic rings. The van der Waals surface area contributed by atoms with Crippen LogP contribution in [0.1, 0.15) is 19.8 Å². The number of aliphatic hydroxyl groups is 1. The summed E-state index contributed by atoms with van der Waals surface area (Å²) in [5.41, 5.74) is 5.52. The monoisotopic (exact) mass is 259 g/mol. The Morgan fingerprint density at radius 2 is 2.29 bits per heavy atom. The van der Waals surface area contributed by atoms with Gasteiger partial charge in [0.25, 0.3) is 0 Å². The Balaban J connectivity index is 2.92. The molecule has 7 heteroatoms. The van der Waals surface area contributed by atoms with Crippen LogP contribution in [-0.2, 0) is 10.0 Å². The molecule has 0 radical (unpaired) electrons. The number of aliphatic hydroxyl groups excluding tert-OH is 1. The number of pyridine rings is 1. The van der Waals surface area contributed by atoms with Gasteiger partial charge in [0.05, 0.1) is 0 Å². The lowest BCUT2D eigenvalue weighted by Crippen LogP contribution is -2.35. The molecule has 1 rings (SSSR count). The summed E-state index contributed by atoms with van der Waals surface area (Å²) in [6.45, 7) is 1.78. The van der Waals surface area contributed by atoms with Gasteiger partial charge >= 0.3 is 0 Å². The summed E-state index contributed by atoms with van der Waals surface area (Å²) >= 11 is 0. The van der Waals surface area contributed by atoms with E-state index in [1.807, 2.05) is 6.92 Å². The first-order chi connectivity index (χ1) is 8.01. The summed E-state index contributed by atoms with van der Waals surface area (Å²) < 4.78 is 26.5. The van der Waals surface area contributed by atoms with Gasteiger partial charge in [0.15, 0.2) is 0 Å². The SMILES string of the molecule is CCC(CCO)NS(=O)(=O)c1cccnc1N. The van der Waals surface area contributed by atoms with Crippen molar-refractivity contribution in [3.05, 3.63) is 18.3 Å². The van der Waals surface area contributed by atoms with Gasteiger partial charge in [0, 0.05) is 18.8 Å². The summed E-state index contributed by atoms with van der Waals surface area (Å²) in [7, 11) is -3.67. The van der Waals surface area contributed by atoms with E-state index in [2.05, 4.69) is 9.71 Å². The lowest BCUT2D eigenvalue weighted by molar-refractivity contribution is 0.270. The predicted octanol–water partition coefficient (Wildman–Crippen LogP) is 0.103. The Morgan fingerprint density at radius 1 is 1.59 bits per heavy atom. The molecule has 96 valence electrons. The smallest absolute Gasteiger partial charge is 0.244 e. The molecule has 0 spiro atoms. The van der Waals surface area contributed by atoms with E-state index in [1.54, 1.807) is 0 Å². The molecule has 0 aliphatic heterocycles. The van der Waals surface area contributed by atoms with E-state index < -0.39 is 10.0 Å². The fourth-order valence-corrected chi connectivity index (χ4v) is 2.85. The van der Waals surface area contributed by atoms with E-state index in [0.717, 1.165) is 0 Å². The Labute approximate surface area is 101 Å². The van der Waals surface area contributed by atoms with Gasteiger partial charge in [-0.2, -0.15) is 0 Å². The standard InChI is InChI=1S/C10H17N3O3S/c1-2-8(5-7-14)13-17(15,16)9-4-3-6-12-10(9)11/h3-4,6,8,13-14H,2,5,7H2,1H3,(H2,11,12). The largest absolute Gasteiger partial charge is 0.396 e.